The van der Waals surface area contributed by atoms with Crippen LogP contribution in [0, 0.1) is 10.1 Å². The fourth-order valence-corrected chi connectivity index (χ4v) is 5.69. The predicted molar refractivity (Wildman–Crippen MR) is 136 cm³/mol. The second kappa shape index (κ2) is 11.5. The number of carbonyl (C=O) groups excluding carboxylic acids is 2. The summed E-state index contributed by atoms with van der Waals surface area (Å²) in [6.45, 7) is 2.28. The lowest BCUT2D eigenvalue weighted by atomic mass is 10.1. The van der Waals surface area contributed by atoms with E-state index in [0.29, 0.717) is 44.0 Å². The summed E-state index contributed by atoms with van der Waals surface area (Å²) < 4.78 is 0. The highest BCUT2D eigenvalue weighted by atomic mass is 32.1. The molecular formula is C24H27N5O4S2. The van der Waals surface area contributed by atoms with Crippen LogP contribution in [0.3, 0.4) is 0 Å². The molecule has 2 aromatic heterocycles. The number of amides is 2. The van der Waals surface area contributed by atoms with Crippen molar-refractivity contribution >= 4 is 40.2 Å². The molecule has 184 valence electrons. The van der Waals surface area contributed by atoms with Gasteiger partial charge in [0.1, 0.15) is 6.04 Å². The van der Waals surface area contributed by atoms with Gasteiger partial charge in [-0.1, -0.05) is 24.3 Å². The van der Waals surface area contributed by atoms with E-state index in [2.05, 4.69) is 16.3 Å². The molecule has 1 aliphatic heterocycles. The van der Waals surface area contributed by atoms with Crippen LogP contribution in [-0.2, 0) is 17.9 Å². The molecule has 3 aromatic rings. The minimum absolute atomic E-state index is 0.0452. The van der Waals surface area contributed by atoms with Crippen molar-refractivity contribution in [3.63, 3.8) is 0 Å². The highest BCUT2D eigenvalue weighted by Gasteiger charge is 2.42. The third-order valence-corrected chi connectivity index (χ3v) is 7.73. The summed E-state index contributed by atoms with van der Waals surface area (Å²) in [6.07, 6.45) is 0.492. The summed E-state index contributed by atoms with van der Waals surface area (Å²) in [5.74, 6) is -0.351. The predicted octanol–water partition coefficient (Wildman–Crippen LogP) is 3.08. The number of benzene rings is 1. The van der Waals surface area contributed by atoms with E-state index in [1.54, 1.807) is 34.4 Å². The van der Waals surface area contributed by atoms with Gasteiger partial charge in [-0.2, -0.15) is 0 Å². The number of carbonyl (C=O) groups is 2. The van der Waals surface area contributed by atoms with E-state index >= 15 is 0 Å². The molecule has 0 aliphatic carbocycles. The zero-order chi connectivity index (χ0) is 24.8. The first-order valence-electron chi connectivity index (χ1n) is 11.3. The van der Waals surface area contributed by atoms with E-state index in [9.17, 15) is 19.7 Å². The largest absolute Gasteiger partial charge is 0.353 e. The number of nitrogens with one attached hydrogen (secondary N) is 1. The number of likely N-dealkylation sites (tertiary alicyclic amines) is 1. The highest BCUT2D eigenvalue weighted by Crippen LogP contribution is 2.29. The van der Waals surface area contributed by atoms with Gasteiger partial charge in [0.2, 0.25) is 5.91 Å². The van der Waals surface area contributed by atoms with Crippen LogP contribution in [0.5, 0.6) is 0 Å². The fraction of sp³-hybridized carbons (Fsp3) is 0.333. The maximum absolute atomic E-state index is 13.3. The number of nitrogens with zero attached hydrogens (tertiary/aromatic N) is 3. The van der Waals surface area contributed by atoms with Gasteiger partial charge in [-0.15, -0.1) is 22.7 Å². The Balaban J connectivity index is 1.58. The molecule has 4 rings (SSSR count). The number of hydrogen-bond donors (Lipinski definition) is 2. The SMILES string of the molecule is NCCNC(=O)C1CC(N(Cc2ccc([N+](=O)[O-])cc2)Cc2cccs2)CN1C(=O)c1cccs1. The third-order valence-electron chi connectivity index (χ3n) is 6.01. The lowest BCUT2D eigenvalue weighted by Crippen LogP contribution is -2.46. The van der Waals surface area contributed by atoms with Crippen molar-refractivity contribution in [2.45, 2.75) is 31.6 Å². The molecule has 2 atom stereocenters. The molecule has 9 nitrogen and oxygen atoms in total. The van der Waals surface area contributed by atoms with Crippen molar-refractivity contribution < 1.29 is 14.5 Å². The lowest BCUT2D eigenvalue weighted by Gasteiger charge is -2.28. The standard InChI is InChI=1S/C24H27N5O4S2/c25-9-10-26-23(30)21-13-19(15-28(21)24(31)22-4-2-12-35-22)27(16-20-3-1-11-34-20)14-17-5-7-18(8-6-17)29(32)33/h1-8,11-12,19,21H,9-10,13-16,25H2,(H,26,30). The van der Waals surface area contributed by atoms with E-state index in [4.69, 9.17) is 5.73 Å². The average Bonchev–Trinajstić information content (AvgIpc) is 3.64. The van der Waals surface area contributed by atoms with Crippen LogP contribution >= 0.6 is 22.7 Å². The number of nitro groups is 1. The van der Waals surface area contributed by atoms with Crippen molar-refractivity contribution in [1.82, 2.24) is 15.1 Å². The molecule has 3 N–H and O–H groups in total. The van der Waals surface area contributed by atoms with E-state index in [1.165, 1.54) is 28.3 Å². The summed E-state index contributed by atoms with van der Waals surface area (Å²) in [4.78, 5) is 42.6. The zero-order valence-corrected chi connectivity index (χ0v) is 20.7. The van der Waals surface area contributed by atoms with Crippen LogP contribution in [-0.4, -0.2) is 58.3 Å². The number of thiophene rings is 2. The van der Waals surface area contributed by atoms with Gasteiger partial charge in [-0.3, -0.25) is 24.6 Å². The molecule has 0 bridgehead atoms. The van der Waals surface area contributed by atoms with E-state index < -0.39 is 11.0 Å². The van der Waals surface area contributed by atoms with Gasteiger partial charge in [0, 0.05) is 55.8 Å². The molecule has 3 heterocycles. The maximum atomic E-state index is 13.3. The Bertz CT molecular complexity index is 1140. The lowest BCUT2D eigenvalue weighted by molar-refractivity contribution is -0.384. The Labute approximate surface area is 211 Å². The molecule has 2 amide bonds. The van der Waals surface area contributed by atoms with E-state index in [-0.39, 0.29) is 23.5 Å². The number of rotatable bonds is 10. The Morgan fingerprint density at radius 3 is 2.49 bits per heavy atom. The number of nitro benzene ring substituents is 1. The first-order chi connectivity index (χ1) is 17.0. The van der Waals surface area contributed by atoms with Gasteiger partial charge in [-0.05, 0) is 34.9 Å². The second-order valence-electron chi connectivity index (χ2n) is 8.33. The Kier molecular flexibility index (Phi) is 8.24. The Morgan fingerprint density at radius 2 is 1.86 bits per heavy atom. The topological polar surface area (TPSA) is 122 Å². The minimum Gasteiger partial charge on any atom is -0.353 e. The van der Waals surface area contributed by atoms with Gasteiger partial charge >= 0.3 is 0 Å². The van der Waals surface area contributed by atoms with Crippen molar-refractivity contribution in [3.05, 3.63) is 84.7 Å². The normalized spacial score (nSPS) is 17.6. The van der Waals surface area contributed by atoms with E-state index in [1.807, 2.05) is 22.9 Å². The molecule has 1 saturated heterocycles. The van der Waals surface area contributed by atoms with Gasteiger partial charge < -0.3 is 16.0 Å². The number of non-ortho nitro benzene ring substituents is 1. The monoisotopic (exact) mass is 513 g/mol. The van der Waals surface area contributed by atoms with Gasteiger partial charge in [0.15, 0.2) is 0 Å². The Hall–Kier alpha value is -3.12. The van der Waals surface area contributed by atoms with Crippen LogP contribution in [0.4, 0.5) is 5.69 Å². The molecule has 35 heavy (non-hydrogen) atoms. The number of nitrogens with two attached hydrogens (primary N) is 1. The molecule has 0 saturated carbocycles. The third kappa shape index (κ3) is 6.12. The van der Waals surface area contributed by atoms with Crippen LogP contribution in [0.25, 0.3) is 0 Å². The first kappa shape index (κ1) is 25.0. The van der Waals surface area contributed by atoms with Gasteiger partial charge in [0.05, 0.1) is 9.80 Å². The Morgan fingerprint density at radius 1 is 1.11 bits per heavy atom. The van der Waals surface area contributed by atoms with Gasteiger partial charge in [-0.25, -0.2) is 0 Å². The molecule has 0 spiro atoms. The molecule has 2 unspecified atom stereocenters. The highest BCUT2D eigenvalue weighted by molar-refractivity contribution is 7.12. The van der Waals surface area contributed by atoms with Crippen molar-refractivity contribution in [2.75, 3.05) is 19.6 Å². The first-order valence-corrected chi connectivity index (χ1v) is 13.0. The second-order valence-corrected chi connectivity index (χ2v) is 10.3. The van der Waals surface area contributed by atoms with Crippen LogP contribution in [0.15, 0.2) is 59.3 Å². The quantitative estimate of drug-likeness (QED) is 0.317. The average molecular weight is 514 g/mol. The van der Waals surface area contributed by atoms with E-state index in [0.717, 1.165) is 5.56 Å². The van der Waals surface area contributed by atoms with Crippen LogP contribution in [0.2, 0.25) is 0 Å². The smallest absolute Gasteiger partial charge is 0.269 e. The molecule has 1 aromatic carbocycles. The summed E-state index contributed by atoms with van der Waals surface area (Å²) in [5, 5.41) is 17.7. The molecule has 11 heteroatoms. The van der Waals surface area contributed by atoms with Crippen molar-refractivity contribution in [2.24, 2.45) is 5.73 Å². The minimum atomic E-state index is -0.594. The summed E-state index contributed by atoms with van der Waals surface area (Å²) >= 11 is 3.01. The summed E-state index contributed by atoms with van der Waals surface area (Å²) in [6, 6.07) is 13.5. The number of hydrogen-bond acceptors (Lipinski definition) is 8. The maximum Gasteiger partial charge on any atom is 0.269 e. The molecule has 0 radical (unpaired) electrons. The van der Waals surface area contributed by atoms with Gasteiger partial charge in [0.25, 0.3) is 11.6 Å². The van der Waals surface area contributed by atoms with Crippen LogP contribution in [0.1, 0.15) is 26.5 Å². The van der Waals surface area contributed by atoms with Crippen molar-refractivity contribution in [1.29, 1.82) is 0 Å². The molecular weight excluding hydrogens is 486 g/mol. The van der Waals surface area contributed by atoms with Crippen LogP contribution < -0.4 is 11.1 Å². The van der Waals surface area contributed by atoms with Crippen molar-refractivity contribution in [3.8, 4) is 0 Å². The molecule has 1 aliphatic rings. The zero-order valence-electron chi connectivity index (χ0n) is 19.0. The molecule has 1 fully saturated rings. The fourth-order valence-electron chi connectivity index (χ4n) is 4.28. The summed E-state index contributed by atoms with van der Waals surface area (Å²) in [7, 11) is 0. The summed E-state index contributed by atoms with van der Waals surface area (Å²) in [5.41, 5.74) is 6.55.